The summed E-state index contributed by atoms with van der Waals surface area (Å²) < 4.78 is 5.30. The van der Waals surface area contributed by atoms with Crippen LogP contribution in [0.2, 0.25) is 0 Å². The van der Waals surface area contributed by atoms with Crippen molar-refractivity contribution >= 4 is 29.4 Å². The molecule has 0 radical (unpaired) electrons. The van der Waals surface area contributed by atoms with Gasteiger partial charge in [-0.1, -0.05) is 66.7 Å². The van der Waals surface area contributed by atoms with Crippen molar-refractivity contribution in [2.45, 2.75) is 18.3 Å². The molecule has 0 unspecified atom stereocenters. The summed E-state index contributed by atoms with van der Waals surface area (Å²) in [5, 5.41) is 0. The molecule has 3 aliphatic carbocycles. The van der Waals surface area contributed by atoms with Crippen LogP contribution < -0.4 is 9.64 Å². The second-order valence-corrected chi connectivity index (χ2v) is 10.3. The van der Waals surface area contributed by atoms with E-state index < -0.39 is 17.3 Å². The number of nitrogens with zero attached hydrogens (tertiary/aromatic N) is 2. The van der Waals surface area contributed by atoms with Gasteiger partial charge in [-0.05, 0) is 65.1 Å². The zero-order valence-electron chi connectivity index (χ0n) is 21.2. The summed E-state index contributed by atoms with van der Waals surface area (Å²) in [7, 11) is 1.60. The van der Waals surface area contributed by atoms with Gasteiger partial charge in [-0.2, -0.15) is 0 Å². The fourth-order valence-corrected chi connectivity index (χ4v) is 6.92. The van der Waals surface area contributed by atoms with Gasteiger partial charge in [0.1, 0.15) is 5.75 Å². The lowest BCUT2D eigenvalue weighted by atomic mass is 9.47. The molecule has 2 amide bonds. The molecule has 0 saturated carbocycles. The van der Waals surface area contributed by atoms with E-state index in [9.17, 15) is 9.59 Å². The van der Waals surface area contributed by atoms with E-state index in [0.717, 1.165) is 33.5 Å². The molecule has 1 fully saturated rings. The first kappa shape index (κ1) is 22.7. The van der Waals surface area contributed by atoms with Gasteiger partial charge >= 0.3 is 0 Å². The van der Waals surface area contributed by atoms with Gasteiger partial charge in [0.2, 0.25) is 11.8 Å². The molecule has 1 heterocycles. The van der Waals surface area contributed by atoms with Crippen LogP contribution in [-0.2, 0) is 15.0 Å². The van der Waals surface area contributed by atoms with Crippen molar-refractivity contribution < 1.29 is 14.3 Å². The standard InChI is InChI=1S/C33H26N2O3/c1-20-9-3-8-14-27(20)34-19-33-25-12-6-4-10-23(25)28(24-11-5-7-13-26(24)33)29-30(33)32(37)35(31(29)36)21-15-17-22(38-2)18-16-21/h3-19,28-30H,1-2H3/t28?,29-,30-,33?/m1/s1. The Bertz CT molecular complexity index is 1590. The second kappa shape index (κ2) is 8.25. The molecule has 4 aliphatic rings. The quantitative estimate of drug-likeness (QED) is 0.258. The average molecular weight is 499 g/mol. The summed E-state index contributed by atoms with van der Waals surface area (Å²) in [6.45, 7) is 2.03. The molecule has 8 rings (SSSR count). The van der Waals surface area contributed by atoms with E-state index >= 15 is 0 Å². The van der Waals surface area contributed by atoms with Crippen LogP contribution in [0, 0.1) is 18.8 Å². The molecule has 0 aromatic heterocycles. The van der Waals surface area contributed by atoms with Gasteiger partial charge in [0.25, 0.3) is 0 Å². The van der Waals surface area contributed by atoms with Gasteiger partial charge in [-0.25, -0.2) is 4.90 Å². The predicted molar refractivity (Wildman–Crippen MR) is 147 cm³/mol. The number of aliphatic imine (C=N–C) groups is 1. The SMILES string of the molecule is COc1ccc(N2C(=O)[C@@H]3C4c5ccccc5C(C=Nc5ccccc5C)(c5ccccc54)[C@H]3C2=O)cc1. The number of benzene rings is 4. The number of hydrogen-bond acceptors (Lipinski definition) is 4. The molecule has 5 heteroatoms. The first-order chi connectivity index (χ1) is 18.6. The Kier molecular flexibility index (Phi) is 4.92. The molecule has 0 spiro atoms. The number of carbonyl (C=O) groups is 2. The van der Waals surface area contributed by atoms with Crippen molar-refractivity contribution in [2.75, 3.05) is 12.0 Å². The number of ether oxygens (including phenoxy) is 1. The van der Waals surface area contributed by atoms with Crippen LogP contribution >= 0.6 is 0 Å². The minimum atomic E-state index is -0.872. The molecule has 38 heavy (non-hydrogen) atoms. The predicted octanol–water partition coefficient (Wildman–Crippen LogP) is 5.96. The third kappa shape index (κ3) is 2.90. The largest absolute Gasteiger partial charge is 0.497 e. The molecule has 5 nitrogen and oxygen atoms in total. The Labute approximate surface area is 221 Å². The summed E-state index contributed by atoms with van der Waals surface area (Å²) in [5.74, 6) is -0.978. The number of imide groups is 1. The normalized spacial score (nSPS) is 24.9. The number of amides is 2. The minimum absolute atomic E-state index is 0.159. The topological polar surface area (TPSA) is 59.0 Å². The van der Waals surface area contributed by atoms with Gasteiger partial charge in [-0.15, -0.1) is 0 Å². The van der Waals surface area contributed by atoms with Crippen LogP contribution in [0.3, 0.4) is 0 Å². The lowest BCUT2D eigenvalue weighted by Crippen LogP contribution is -2.54. The van der Waals surface area contributed by atoms with Crippen LogP contribution in [0.5, 0.6) is 5.75 Å². The van der Waals surface area contributed by atoms with Crippen molar-refractivity contribution in [3.8, 4) is 5.75 Å². The maximum atomic E-state index is 14.4. The highest BCUT2D eigenvalue weighted by atomic mass is 16.5. The summed E-state index contributed by atoms with van der Waals surface area (Å²) in [5.41, 5.74) is 5.90. The van der Waals surface area contributed by atoms with Crippen LogP contribution in [-0.4, -0.2) is 25.1 Å². The average Bonchev–Trinajstić information content (AvgIpc) is 3.23. The van der Waals surface area contributed by atoms with E-state index in [1.165, 1.54) is 4.90 Å². The van der Waals surface area contributed by atoms with Gasteiger partial charge in [-0.3, -0.25) is 14.6 Å². The highest BCUT2D eigenvalue weighted by Crippen LogP contribution is 2.63. The smallest absolute Gasteiger partial charge is 0.239 e. The maximum Gasteiger partial charge on any atom is 0.239 e. The first-order valence-corrected chi connectivity index (χ1v) is 12.9. The molecule has 2 bridgehead atoms. The zero-order valence-corrected chi connectivity index (χ0v) is 21.2. The Balaban J connectivity index is 1.49. The number of anilines is 1. The minimum Gasteiger partial charge on any atom is -0.497 e. The zero-order chi connectivity index (χ0) is 26.0. The molecule has 1 aliphatic heterocycles. The van der Waals surface area contributed by atoms with E-state index in [1.54, 1.807) is 31.4 Å². The summed E-state index contributed by atoms with van der Waals surface area (Å²) in [4.78, 5) is 35.0. The lowest BCUT2D eigenvalue weighted by Gasteiger charge is -2.52. The summed E-state index contributed by atoms with van der Waals surface area (Å²) in [6, 6.07) is 31.6. The number of aryl methyl sites for hydroxylation is 1. The van der Waals surface area contributed by atoms with Crippen LogP contribution in [0.15, 0.2) is 102 Å². The van der Waals surface area contributed by atoms with Crippen molar-refractivity contribution in [3.05, 3.63) is 125 Å². The van der Waals surface area contributed by atoms with Crippen molar-refractivity contribution in [1.82, 2.24) is 0 Å². The van der Waals surface area contributed by atoms with Crippen molar-refractivity contribution in [3.63, 3.8) is 0 Å². The Morgan fingerprint density at radius 1 is 0.789 bits per heavy atom. The molecule has 4 aromatic rings. The molecular weight excluding hydrogens is 472 g/mol. The Hall–Kier alpha value is -4.51. The van der Waals surface area contributed by atoms with Gasteiger partial charge < -0.3 is 4.74 Å². The Morgan fingerprint density at radius 3 is 2.03 bits per heavy atom. The fraction of sp³-hybridized carbons (Fsp3) is 0.182. The van der Waals surface area contributed by atoms with Crippen molar-refractivity contribution in [1.29, 1.82) is 0 Å². The third-order valence-corrected chi connectivity index (χ3v) is 8.54. The highest BCUT2D eigenvalue weighted by molar-refractivity contribution is 6.25. The number of rotatable bonds is 4. The molecule has 186 valence electrons. The van der Waals surface area contributed by atoms with E-state index in [0.29, 0.717) is 11.4 Å². The van der Waals surface area contributed by atoms with Gasteiger partial charge in [0.05, 0.1) is 35.7 Å². The molecule has 4 aromatic carbocycles. The second-order valence-electron chi connectivity index (χ2n) is 10.3. The summed E-state index contributed by atoms with van der Waals surface area (Å²) in [6.07, 6.45) is 1.95. The summed E-state index contributed by atoms with van der Waals surface area (Å²) >= 11 is 0. The van der Waals surface area contributed by atoms with Gasteiger partial charge in [0.15, 0.2) is 0 Å². The van der Waals surface area contributed by atoms with Gasteiger partial charge in [0, 0.05) is 12.1 Å². The van der Waals surface area contributed by atoms with E-state index in [-0.39, 0.29) is 17.7 Å². The Morgan fingerprint density at radius 2 is 1.39 bits per heavy atom. The van der Waals surface area contributed by atoms with Crippen LogP contribution in [0.4, 0.5) is 11.4 Å². The van der Waals surface area contributed by atoms with Crippen molar-refractivity contribution in [2.24, 2.45) is 16.8 Å². The third-order valence-electron chi connectivity index (χ3n) is 8.54. The number of hydrogen-bond donors (Lipinski definition) is 0. The molecule has 2 atom stereocenters. The van der Waals surface area contributed by atoms with E-state index in [4.69, 9.17) is 9.73 Å². The highest BCUT2D eigenvalue weighted by Gasteiger charge is 2.67. The fourth-order valence-electron chi connectivity index (χ4n) is 6.92. The monoisotopic (exact) mass is 498 g/mol. The number of methoxy groups -OCH3 is 1. The first-order valence-electron chi connectivity index (χ1n) is 12.9. The molecule has 1 saturated heterocycles. The van der Waals surface area contributed by atoms with Crippen LogP contribution in [0.25, 0.3) is 0 Å². The molecular formula is C33H26N2O3. The van der Waals surface area contributed by atoms with E-state index in [1.807, 2.05) is 61.7 Å². The molecule has 0 N–H and O–H groups in total. The lowest BCUT2D eigenvalue weighted by molar-refractivity contribution is -0.122. The number of carbonyl (C=O) groups excluding carboxylic acids is 2. The maximum absolute atomic E-state index is 14.4. The van der Waals surface area contributed by atoms with E-state index in [2.05, 4.69) is 24.3 Å². The number of para-hydroxylation sites is 1. The van der Waals surface area contributed by atoms with Crippen LogP contribution in [0.1, 0.15) is 33.7 Å².